The van der Waals surface area contributed by atoms with E-state index in [4.69, 9.17) is 9.47 Å². The third kappa shape index (κ3) is 2.42. The summed E-state index contributed by atoms with van der Waals surface area (Å²) in [5.41, 5.74) is 0.952. The van der Waals surface area contributed by atoms with Crippen LogP contribution in [0.2, 0.25) is 0 Å². The Morgan fingerprint density at radius 2 is 2.30 bits per heavy atom. The molecule has 1 aliphatic heterocycles. The average Bonchev–Trinajstić information content (AvgIpc) is 3.13. The molecule has 3 rings (SSSR count). The van der Waals surface area contributed by atoms with Gasteiger partial charge >= 0.3 is 0 Å². The summed E-state index contributed by atoms with van der Waals surface area (Å²) in [7, 11) is 0. The third-order valence-electron chi connectivity index (χ3n) is 3.12. The molecule has 1 N–H and O–H groups in total. The summed E-state index contributed by atoms with van der Waals surface area (Å²) >= 11 is 0. The Labute approximate surface area is 115 Å². The average molecular weight is 274 g/mol. The second-order valence-electron chi connectivity index (χ2n) is 4.46. The van der Waals surface area contributed by atoms with E-state index in [1.54, 1.807) is 6.92 Å². The molecule has 20 heavy (non-hydrogen) atoms. The number of aromatic nitrogens is 3. The molecule has 0 bridgehead atoms. The summed E-state index contributed by atoms with van der Waals surface area (Å²) in [5.74, 6) is 1.32. The Hall–Kier alpha value is -2.57. The fraction of sp³-hybridized carbons (Fsp3) is 0.308. The number of nitrogens with one attached hydrogen (secondary N) is 1. The van der Waals surface area contributed by atoms with E-state index in [0.717, 1.165) is 11.3 Å². The lowest BCUT2D eigenvalue weighted by atomic mass is 10.2. The van der Waals surface area contributed by atoms with E-state index in [1.807, 2.05) is 18.2 Å². The molecule has 0 unspecified atom stereocenters. The van der Waals surface area contributed by atoms with E-state index in [-0.39, 0.29) is 12.7 Å². The number of hydrogen-bond donors (Lipinski definition) is 1. The molecule has 0 saturated carbocycles. The zero-order valence-electron chi connectivity index (χ0n) is 10.9. The van der Waals surface area contributed by atoms with Crippen molar-refractivity contribution in [3.8, 4) is 11.5 Å². The van der Waals surface area contributed by atoms with Gasteiger partial charge in [0.1, 0.15) is 18.7 Å². The quantitative estimate of drug-likeness (QED) is 0.895. The first-order valence-electron chi connectivity index (χ1n) is 6.24. The highest BCUT2D eigenvalue weighted by Crippen LogP contribution is 2.32. The van der Waals surface area contributed by atoms with Gasteiger partial charge in [0.15, 0.2) is 11.5 Å². The van der Waals surface area contributed by atoms with Gasteiger partial charge in [0.25, 0.3) is 0 Å². The second kappa shape index (κ2) is 5.20. The lowest BCUT2D eigenvalue weighted by molar-refractivity contribution is -0.124. The molecule has 1 aliphatic rings. The summed E-state index contributed by atoms with van der Waals surface area (Å²) in [4.78, 5) is 15.8. The van der Waals surface area contributed by atoms with Gasteiger partial charge in [0.05, 0.1) is 0 Å². The van der Waals surface area contributed by atoms with Crippen LogP contribution in [0.15, 0.2) is 30.9 Å². The van der Waals surface area contributed by atoms with Crippen LogP contribution in [0.1, 0.15) is 18.5 Å². The molecule has 104 valence electrons. The molecule has 0 spiro atoms. The van der Waals surface area contributed by atoms with Crippen molar-refractivity contribution in [1.82, 2.24) is 20.1 Å². The van der Waals surface area contributed by atoms with Crippen molar-refractivity contribution in [3.05, 3.63) is 36.4 Å². The van der Waals surface area contributed by atoms with Gasteiger partial charge in [-0.3, -0.25) is 4.79 Å². The minimum absolute atomic E-state index is 0.117. The largest absolute Gasteiger partial charge is 0.454 e. The summed E-state index contributed by atoms with van der Waals surface area (Å²) < 4.78 is 12.0. The van der Waals surface area contributed by atoms with E-state index >= 15 is 0 Å². The monoisotopic (exact) mass is 274 g/mol. The predicted octanol–water partition coefficient (Wildman–Crippen LogP) is 0.884. The van der Waals surface area contributed by atoms with Crippen LogP contribution in [0.3, 0.4) is 0 Å². The van der Waals surface area contributed by atoms with Crippen molar-refractivity contribution in [1.29, 1.82) is 0 Å². The van der Waals surface area contributed by atoms with E-state index < -0.39 is 6.04 Å². The van der Waals surface area contributed by atoms with Gasteiger partial charge in [-0.05, 0) is 24.6 Å². The van der Waals surface area contributed by atoms with E-state index in [9.17, 15) is 4.79 Å². The zero-order valence-corrected chi connectivity index (χ0v) is 10.9. The Balaban J connectivity index is 1.60. The van der Waals surface area contributed by atoms with Crippen molar-refractivity contribution in [2.45, 2.75) is 19.5 Å². The van der Waals surface area contributed by atoms with Crippen LogP contribution in [0.4, 0.5) is 0 Å². The molecular weight excluding hydrogens is 260 g/mol. The summed E-state index contributed by atoms with van der Waals surface area (Å²) in [6.45, 7) is 2.44. The van der Waals surface area contributed by atoms with Crippen LogP contribution >= 0.6 is 0 Å². The van der Waals surface area contributed by atoms with Gasteiger partial charge in [-0.15, -0.1) is 0 Å². The smallest absolute Gasteiger partial charge is 0.244 e. The third-order valence-corrected chi connectivity index (χ3v) is 3.12. The highest BCUT2D eigenvalue weighted by molar-refractivity contribution is 5.79. The maximum atomic E-state index is 12.0. The molecule has 0 aliphatic carbocycles. The van der Waals surface area contributed by atoms with Crippen LogP contribution in [0.25, 0.3) is 0 Å². The molecule has 1 aromatic heterocycles. The first-order valence-corrected chi connectivity index (χ1v) is 6.24. The summed E-state index contributed by atoms with van der Waals surface area (Å²) in [5, 5.41) is 6.80. The maximum absolute atomic E-state index is 12.0. The molecule has 1 atom stereocenters. The molecule has 0 fully saturated rings. The number of nitrogens with zero attached hydrogens (tertiary/aromatic N) is 3. The highest BCUT2D eigenvalue weighted by atomic mass is 16.7. The number of benzene rings is 1. The van der Waals surface area contributed by atoms with Crippen molar-refractivity contribution in [2.75, 3.05) is 6.79 Å². The topological polar surface area (TPSA) is 78.3 Å². The Kier molecular flexibility index (Phi) is 3.24. The maximum Gasteiger partial charge on any atom is 0.244 e. The molecule has 0 radical (unpaired) electrons. The first-order chi connectivity index (χ1) is 9.74. The number of carbonyl (C=O) groups is 1. The standard InChI is InChI=1S/C13H14N4O3/c1-9(17-7-14-6-16-17)13(18)15-5-10-2-3-11-12(4-10)20-8-19-11/h2-4,6-7,9H,5,8H2,1H3,(H,15,18)/t9-/m1/s1. The summed E-state index contributed by atoms with van der Waals surface area (Å²) in [6.07, 6.45) is 2.92. The fourth-order valence-electron chi connectivity index (χ4n) is 1.93. The molecule has 2 aromatic rings. The van der Waals surface area contributed by atoms with Gasteiger partial charge in [-0.25, -0.2) is 9.67 Å². The first kappa shape index (κ1) is 12.5. The molecular formula is C13H14N4O3. The number of carbonyl (C=O) groups excluding carboxylic acids is 1. The number of ether oxygens (including phenoxy) is 2. The van der Waals surface area contributed by atoms with Gasteiger partial charge in [-0.2, -0.15) is 5.10 Å². The van der Waals surface area contributed by atoms with Crippen molar-refractivity contribution in [2.24, 2.45) is 0 Å². The number of fused-ring (bicyclic) bond motifs is 1. The molecule has 0 saturated heterocycles. The minimum atomic E-state index is -0.397. The van der Waals surface area contributed by atoms with Gasteiger partial charge in [0, 0.05) is 6.54 Å². The number of amides is 1. The zero-order chi connectivity index (χ0) is 13.9. The van der Waals surface area contributed by atoms with Crippen LogP contribution < -0.4 is 14.8 Å². The SMILES string of the molecule is C[C@H](C(=O)NCc1ccc2c(c1)OCO2)n1cncn1. The Bertz CT molecular complexity index is 612. The second-order valence-corrected chi connectivity index (χ2v) is 4.46. The van der Waals surface area contributed by atoms with E-state index in [2.05, 4.69) is 15.4 Å². The molecule has 1 amide bonds. The highest BCUT2D eigenvalue weighted by Gasteiger charge is 2.16. The summed E-state index contributed by atoms with van der Waals surface area (Å²) in [6, 6.07) is 5.20. The predicted molar refractivity (Wildman–Crippen MR) is 69.1 cm³/mol. The van der Waals surface area contributed by atoms with E-state index in [0.29, 0.717) is 12.3 Å². The molecule has 1 aromatic carbocycles. The van der Waals surface area contributed by atoms with Gasteiger partial charge in [0.2, 0.25) is 12.7 Å². The van der Waals surface area contributed by atoms with E-state index in [1.165, 1.54) is 17.3 Å². The molecule has 7 heteroatoms. The minimum Gasteiger partial charge on any atom is -0.454 e. The van der Waals surface area contributed by atoms with Crippen LogP contribution in [0.5, 0.6) is 11.5 Å². The normalized spacial score (nSPS) is 14.1. The van der Waals surface area contributed by atoms with Crippen LogP contribution in [0, 0.1) is 0 Å². The van der Waals surface area contributed by atoms with Crippen molar-refractivity contribution in [3.63, 3.8) is 0 Å². The van der Waals surface area contributed by atoms with Gasteiger partial charge in [-0.1, -0.05) is 6.07 Å². The van der Waals surface area contributed by atoms with Crippen LogP contribution in [-0.4, -0.2) is 27.5 Å². The lowest BCUT2D eigenvalue weighted by Gasteiger charge is -2.12. The van der Waals surface area contributed by atoms with Gasteiger partial charge < -0.3 is 14.8 Å². The Morgan fingerprint density at radius 3 is 3.10 bits per heavy atom. The van der Waals surface area contributed by atoms with Crippen molar-refractivity contribution >= 4 is 5.91 Å². The number of hydrogen-bond acceptors (Lipinski definition) is 5. The fourth-order valence-corrected chi connectivity index (χ4v) is 1.93. The molecule has 7 nitrogen and oxygen atoms in total. The lowest BCUT2D eigenvalue weighted by Crippen LogP contribution is -2.30. The Morgan fingerprint density at radius 1 is 1.45 bits per heavy atom. The van der Waals surface area contributed by atoms with Crippen molar-refractivity contribution < 1.29 is 14.3 Å². The number of rotatable bonds is 4. The van der Waals surface area contributed by atoms with Crippen LogP contribution in [-0.2, 0) is 11.3 Å². The molecule has 2 heterocycles.